The minimum absolute atomic E-state index is 0.0252. The first-order valence-electron chi connectivity index (χ1n) is 6.89. The third-order valence-electron chi connectivity index (χ3n) is 3.58. The van der Waals surface area contributed by atoms with Gasteiger partial charge in [0.25, 0.3) is 0 Å². The molecule has 0 radical (unpaired) electrons. The summed E-state index contributed by atoms with van der Waals surface area (Å²) in [7, 11) is -4.33. The lowest BCUT2D eigenvalue weighted by molar-refractivity contribution is -0.140. The Balaban J connectivity index is 2.28. The van der Waals surface area contributed by atoms with Crippen LogP contribution in [0.15, 0.2) is 23.1 Å². The first-order chi connectivity index (χ1) is 11.0. The van der Waals surface area contributed by atoms with Crippen molar-refractivity contribution in [2.45, 2.75) is 11.1 Å². The topological polar surface area (TPSA) is 83.7 Å². The van der Waals surface area contributed by atoms with Gasteiger partial charge in [-0.3, -0.25) is 9.69 Å². The van der Waals surface area contributed by atoms with E-state index in [0.717, 1.165) is 16.4 Å². The van der Waals surface area contributed by atoms with Gasteiger partial charge in [0, 0.05) is 31.2 Å². The summed E-state index contributed by atoms with van der Waals surface area (Å²) in [6.07, 6.45) is -4.85. The van der Waals surface area contributed by atoms with Gasteiger partial charge in [-0.15, -0.1) is 0 Å². The molecular formula is C13H15ClF3N3O3S. The number of rotatable bonds is 4. The van der Waals surface area contributed by atoms with E-state index in [1.165, 1.54) is 0 Å². The van der Waals surface area contributed by atoms with Crippen LogP contribution in [0, 0.1) is 0 Å². The number of carbonyl (C=O) groups is 1. The third kappa shape index (κ3) is 4.18. The molecule has 0 spiro atoms. The number of nitrogens with two attached hydrogens (primary N) is 1. The maximum Gasteiger partial charge on any atom is 0.417 e. The van der Waals surface area contributed by atoms with Gasteiger partial charge in [0.1, 0.15) is 0 Å². The molecule has 1 amide bonds. The normalized spacial score (nSPS) is 17.8. The lowest BCUT2D eigenvalue weighted by atomic mass is 10.2. The molecule has 0 aliphatic carbocycles. The molecular weight excluding hydrogens is 371 g/mol. The molecule has 1 fully saturated rings. The summed E-state index contributed by atoms with van der Waals surface area (Å²) in [5.41, 5.74) is 3.77. The minimum atomic E-state index is -4.85. The van der Waals surface area contributed by atoms with Crippen molar-refractivity contribution in [2.75, 3.05) is 32.7 Å². The highest BCUT2D eigenvalue weighted by molar-refractivity contribution is 7.89. The van der Waals surface area contributed by atoms with Crippen LogP contribution in [0.5, 0.6) is 0 Å². The molecule has 1 aliphatic heterocycles. The Morgan fingerprint density at radius 3 is 2.29 bits per heavy atom. The summed E-state index contributed by atoms with van der Waals surface area (Å²) in [6, 6.07) is 2.56. The van der Waals surface area contributed by atoms with Crippen LogP contribution in [-0.2, 0) is 21.0 Å². The van der Waals surface area contributed by atoms with Gasteiger partial charge >= 0.3 is 6.18 Å². The number of piperazine rings is 1. The molecule has 0 aromatic heterocycles. The largest absolute Gasteiger partial charge is 0.417 e. The molecule has 24 heavy (non-hydrogen) atoms. The van der Waals surface area contributed by atoms with Crippen LogP contribution < -0.4 is 5.73 Å². The van der Waals surface area contributed by atoms with Crippen molar-refractivity contribution < 1.29 is 26.4 Å². The quantitative estimate of drug-likeness (QED) is 0.842. The first-order valence-corrected chi connectivity index (χ1v) is 8.71. The average molecular weight is 386 g/mol. The standard InChI is InChI=1S/C13H15ClF3N3O3S/c14-9-1-2-11(10(7-9)13(15,16)17)24(22,23)20-5-3-19(4-6-20)8-12(18)21/h1-2,7H,3-6,8H2,(H2,18,21). The Hall–Kier alpha value is -1.36. The Morgan fingerprint density at radius 2 is 1.79 bits per heavy atom. The Kier molecular flexibility index (Phi) is 5.43. The van der Waals surface area contributed by atoms with E-state index >= 15 is 0 Å². The summed E-state index contributed by atoms with van der Waals surface area (Å²) in [6.45, 7) is 0.321. The molecule has 6 nitrogen and oxygen atoms in total. The number of sulfonamides is 1. The van der Waals surface area contributed by atoms with Gasteiger partial charge in [0.05, 0.1) is 17.0 Å². The zero-order chi connectivity index (χ0) is 18.1. The van der Waals surface area contributed by atoms with E-state index in [-0.39, 0.29) is 37.7 Å². The van der Waals surface area contributed by atoms with Gasteiger partial charge in [-0.2, -0.15) is 17.5 Å². The first kappa shape index (κ1) is 19.0. The predicted molar refractivity (Wildman–Crippen MR) is 80.8 cm³/mol. The van der Waals surface area contributed by atoms with Crippen molar-refractivity contribution in [3.63, 3.8) is 0 Å². The third-order valence-corrected chi connectivity index (χ3v) is 5.77. The van der Waals surface area contributed by atoms with Crippen molar-refractivity contribution in [3.05, 3.63) is 28.8 Å². The number of primary amides is 1. The molecule has 0 atom stereocenters. The fourth-order valence-electron chi connectivity index (χ4n) is 2.44. The molecule has 2 rings (SSSR count). The van der Waals surface area contributed by atoms with Crippen LogP contribution >= 0.6 is 11.6 Å². The number of benzene rings is 1. The van der Waals surface area contributed by atoms with Gasteiger partial charge in [-0.1, -0.05) is 11.6 Å². The second-order valence-electron chi connectivity index (χ2n) is 5.28. The van der Waals surface area contributed by atoms with Crippen LogP contribution in [0.1, 0.15) is 5.56 Å². The predicted octanol–water partition coefficient (Wildman–Crippen LogP) is 1.15. The summed E-state index contributed by atoms with van der Waals surface area (Å²) in [4.78, 5) is 11.7. The Bertz CT molecular complexity index is 732. The monoisotopic (exact) mass is 385 g/mol. The van der Waals surface area contributed by atoms with Gasteiger partial charge < -0.3 is 5.73 Å². The number of hydrogen-bond donors (Lipinski definition) is 1. The smallest absolute Gasteiger partial charge is 0.369 e. The van der Waals surface area contributed by atoms with E-state index in [9.17, 15) is 26.4 Å². The van der Waals surface area contributed by atoms with E-state index in [4.69, 9.17) is 17.3 Å². The van der Waals surface area contributed by atoms with Crippen LogP contribution in [0.25, 0.3) is 0 Å². The van der Waals surface area contributed by atoms with Crippen LogP contribution in [0.4, 0.5) is 13.2 Å². The zero-order valence-corrected chi connectivity index (χ0v) is 14.0. The maximum absolute atomic E-state index is 13.1. The zero-order valence-electron chi connectivity index (χ0n) is 12.4. The number of hydrogen-bond acceptors (Lipinski definition) is 4. The molecule has 1 aromatic rings. The summed E-state index contributed by atoms with van der Waals surface area (Å²) < 4.78 is 65.5. The van der Waals surface area contributed by atoms with E-state index in [1.54, 1.807) is 4.90 Å². The highest BCUT2D eigenvalue weighted by atomic mass is 35.5. The molecule has 1 aliphatic rings. The van der Waals surface area contributed by atoms with E-state index in [1.807, 2.05) is 0 Å². The highest BCUT2D eigenvalue weighted by Gasteiger charge is 2.40. The van der Waals surface area contributed by atoms with Crippen molar-refractivity contribution in [2.24, 2.45) is 5.73 Å². The number of halogens is 4. The molecule has 0 bridgehead atoms. The lowest BCUT2D eigenvalue weighted by Gasteiger charge is -2.33. The molecule has 1 saturated heterocycles. The number of alkyl halides is 3. The SMILES string of the molecule is NC(=O)CN1CCN(S(=O)(=O)c2ccc(Cl)cc2C(F)(F)F)CC1. The van der Waals surface area contributed by atoms with E-state index < -0.39 is 32.6 Å². The number of nitrogens with zero attached hydrogens (tertiary/aromatic N) is 2. The van der Waals surface area contributed by atoms with E-state index in [0.29, 0.717) is 6.07 Å². The second-order valence-corrected chi connectivity index (χ2v) is 7.63. The molecule has 1 aromatic carbocycles. The van der Waals surface area contributed by atoms with Crippen LogP contribution in [-0.4, -0.2) is 56.3 Å². The van der Waals surface area contributed by atoms with Crippen molar-refractivity contribution in [3.8, 4) is 0 Å². The molecule has 11 heteroatoms. The fraction of sp³-hybridized carbons (Fsp3) is 0.462. The van der Waals surface area contributed by atoms with Crippen molar-refractivity contribution in [1.82, 2.24) is 9.21 Å². The van der Waals surface area contributed by atoms with Gasteiger partial charge in [-0.25, -0.2) is 8.42 Å². The molecule has 0 unspecified atom stereocenters. The van der Waals surface area contributed by atoms with Gasteiger partial charge in [0.2, 0.25) is 15.9 Å². The lowest BCUT2D eigenvalue weighted by Crippen LogP contribution is -2.50. The van der Waals surface area contributed by atoms with Gasteiger partial charge in [0.15, 0.2) is 0 Å². The van der Waals surface area contributed by atoms with Crippen LogP contribution in [0.3, 0.4) is 0 Å². The minimum Gasteiger partial charge on any atom is -0.369 e. The molecule has 1 heterocycles. The number of carbonyl (C=O) groups excluding carboxylic acids is 1. The van der Waals surface area contributed by atoms with Gasteiger partial charge in [-0.05, 0) is 18.2 Å². The van der Waals surface area contributed by atoms with Crippen molar-refractivity contribution >= 4 is 27.5 Å². The second kappa shape index (κ2) is 6.87. The Morgan fingerprint density at radius 1 is 1.21 bits per heavy atom. The Labute approximate surface area is 142 Å². The van der Waals surface area contributed by atoms with Crippen LogP contribution in [0.2, 0.25) is 5.02 Å². The molecule has 0 saturated carbocycles. The van der Waals surface area contributed by atoms with Crippen molar-refractivity contribution in [1.29, 1.82) is 0 Å². The highest BCUT2D eigenvalue weighted by Crippen LogP contribution is 2.37. The maximum atomic E-state index is 13.1. The summed E-state index contributed by atoms with van der Waals surface area (Å²) in [5.74, 6) is -0.552. The molecule has 2 N–H and O–H groups in total. The van der Waals surface area contributed by atoms with E-state index in [2.05, 4.69) is 0 Å². The summed E-state index contributed by atoms with van der Waals surface area (Å²) >= 11 is 5.57. The molecule has 134 valence electrons. The summed E-state index contributed by atoms with van der Waals surface area (Å²) in [5, 5.41) is -0.201. The average Bonchev–Trinajstić information content (AvgIpc) is 2.46. The number of amides is 1. The fourth-order valence-corrected chi connectivity index (χ4v) is 4.22.